The minimum atomic E-state index is -0.477. The SMILES string of the molecule is Cc1ccnc(NC(=O)/C=C/c2c(F)cccc2Cl)c1. The molecule has 5 heteroatoms. The average Bonchev–Trinajstić information content (AvgIpc) is 2.38. The van der Waals surface area contributed by atoms with E-state index in [1.54, 1.807) is 18.3 Å². The van der Waals surface area contributed by atoms with Gasteiger partial charge in [-0.3, -0.25) is 4.79 Å². The molecule has 20 heavy (non-hydrogen) atoms. The Morgan fingerprint density at radius 2 is 2.20 bits per heavy atom. The summed E-state index contributed by atoms with van der Waals surface area (Å²) in [6, 6.07) is 7.91. The predicted octanol–water partition coefficient (Wildman–Crippen LogP) is 3.83. The molecule has 1 aromatic heterocycles. The van der Waals surface area contributed by atoms with E-state index in [0.717, 1.165) is 5.56 Å². The average molecular weight is 291 g/mol. The normalized spacial score (nSPS) is 10.8. The summed E-state index contributed by atoms with van der Waals surface area (Å²) in [5.74, 6) is -0.433. The fraction of sp³-hybridized carbons (Fsp3) is 0.0667. The van der Waals surface area contributed by atoms with Crippen molar-refractivity contribution in [3.8, 4) is 0 Å². The molecule has 1 N–H and O–H groups in total. The van der Waals surface area contributed by atoms with E-state index < -0.39 is 11.7 Å². The van der Waals surface area contributed by atoms with Crippen molar-refractivity contribution in [2.45, 2.75) is 6.92 Å². The fourth-order valence-electron chi connectivity index (χ4n) is 1.60. The molecule has 0 aliphatic heterocycles. The molecule has 2 rings (SSSR count). The number of amides is 1. The molecule has 3 nitrogen and oxygen atoms in total. The Labute approximate surface area is 121 Å². The minimum absolute atomic E-state index is 0.182. The van der Waals surface area contributed by atoms with Crippen molar-refractivity contribution in [2.24, 2.45) is 0 Å². The molecule has 0 bridgehead atoms. The molecule has 1 amide bonds. The second-order valence-electron chi connectivity index (χ2n) is 4.18. The first-order valence-corrected chi connectivity index (χ1v) is 6.30. The number of rotatable bonds is 3. The lowest BCUT2D eigenvalue weighted by atomic mass is 10.2. The number of carbonyl (C=O) groups is 1. The van der Waals surface area contributed by atoms with Gasteiger partial charge in [-0.2, -0.15) is 0 Å². The highest BCUT2D eigenvalue weighted by Crippen LogP contribution is 2.20. The van der Waals surface area contributed by atoms with Gasteiger partial charge in [0.2, 0.25) is 5.91 Å². The number of carbonyl (C=O) groups excluding carboxylic acids is 1. The van der Waals surface area contributed by atoms with Crippen molar-refractivity contribution >= 4 is 29.4 Å². The summed E-state index contributed by atoms with van der Waals surface area (Å²) in [4.78, 5) is 15.7. The van der Waals surface area contributed by atoms with Crippen LogP contribution in [-0.4, -0.2) is 10.9 Å². The van der Waals surface area contributed by atoms with Crippen molar-refractivity contribution in [3.05, 3.63) is 64.6 Å². The van der Waals surface area contributed by atoms with Gasteiger partial charge in [0, 0.05) is 17.8 Å². The lowest BCUT2D eigenvalue weighted by molar-refractivity contribution is -0.111. The molecule has 1 heterocycles. The first kappa shape index (κ1) is 14.2. The van der Waals surface area contributed by atoms with Crippen LogP contribution in [0.4, 0.5) is 10.2 Å². The zero-order valence-electron chi connectivity index (χ0n) is 10.7. The monoisotopic (exact) mass is 290 g/mol. The molecular weight excluding hydrogens is 279 g/mol. The van der Waals surface area contributed by atoms with Crippen molar-refractivity contribution in [1.29, 1.82) is 0 Å². The zero-order valence-corrected chi connectivity index (χ0v) is 11.5. The number of halogens is 2. The Hall–Kier alpha value is -2.20. The van der Waals surface area contributed by atoms with Crippen LogP contribution in [0.3, 0.4) is 0 Å². The molecular formula is C15H12ClFN2O. The summed E-state index contributed by atoms with van der Waals surface area (Å²) in [6.07, 6.45) is 4.15. The van der Waals surface area contributed by atoms with E-state index in [2.05, 4.69) is 10.3 Å². The predicted molar refractivity (Wildman–Crippen MR) is 78.0 cm³/mol. The quantitative estimate of drug-likeness (QED) is 0.873. The van der Waals surface area contributed by atoms with Crippen LogP contribution in [0.1, 0.15) is 11.1 Å². The van der Waals surface area contributed by atoms with E-state index in [1.165, 1.54) is 24.3 Å². The number of hydrogen-bond acceptors (Lipinski definition) is 2. The first-order valence-electron chi connectivity index (χ1n) is 5.92. The summed E-state index contributed by atoms with van der Waals surface area (Å²) in [5.41, 5.74) is 1.16. The third-order valence-electron chi connectivity index (χ3n) is 2.57. The number of pyridine rings is 1. The number of aromatic nitrogens is 1. The van der Waals surface area contributed by atoms with Crippen LogP contribution in [0.2, 0.25) is 5.02 Å². The Balaban J connectivity index is 2.10. The van der Waals surface area contributed by atoms with Crippen molar-refractivity contribution in [2.75, 3.05) is 5.32 Å². The highest BCUT2D eigenvalue weighted by atomic mass is 35.5. The summed E-state index contributed by atoms with van der Waals surface area (Å²) >= 11 is 5.86. The van der Waals surface area contributed by atoms with Crippen LogP contribution < -0.4 is 5.32 Å². The van der Waals surface area contributed by atoms with E-state index in [4.69, 9.17) is 11.6 Å². The van der Waals surface area contributed by atoms with E-state index in [-0.39, 0.29) is 10.6 Å². The number of benzene rings is 1. The Kier molecular flexibility index (Phi) is 4.48. The van der Waals surface area contributed by atoms with Gasteiger partial charge in [0.1, 0.15) is 11.6 Å². The van der Waals surface area contributed by atoms with Crippen LogP contribution in [0, 0.1) is 12.7 Å². The maximum absolute atomic E-state index is 13.5. The third kappa shape index (κ3) is 3.65. The van der Waals surface area contributed by atoms with Gasteiger partial charge in [-0.05, 0) is 42.8 Å². The highest BCUT2D eigenvalue weighted by Gasteiger charge is 2.04. The molecule has 0 saturated heterocycles. The molecule has 0 fully saturated rings. The number of nitrogens with zero attached hydrogens (tertiary/aromatic N) is 1. The summed E-state index contributed by atoms with van der Waals surface area (Å²) in [5, 5.41) is 2.84. The molecule has 2 aromatic rings. The van der Waals surface area contributed by atoms with Gasteiger partial charge in [-0.1, -0.05) is 17.7 Å². The van der Waals surface area contributed by atoms with Crippen LogP contribution in [-0.2, 0) is 4.79 Å². The fourth-order valence-corrected chi connectivity index (χ4v) is 1.83. The second kappa shape index (κ2) is 6.30. The van der Waals surface area contributed by atoms with Gasteiger partial charge in [-0.15, -0.1) is 0 Å². The molecule has 0 unspecified atom stereocenters. The van der Waals surface area contributed by atoms with Crippen LogP contribution in [0.25, 0.3) is 6.08 Å². The maximum Gasteiger partial charge on any atom is 0.249 e. The minimum Gasteiger partial charge on any atom is -0.307 e. The van der Waals surface area contributed by atoms with E-state index in [1.807, 2.05) is 13.0 Å². The van der Waals surface area contributed by atoms with Crippen molar-refractivity contribution in [1.82, 2.24) is 4.98 Å². The summed E-state index contributed by atoms with van der Waals surface area (Å²) in [7, 11) is 0. The van der Waals surface area contributed by atoms with Crippen molar-refractivity contribution in [3.63, 3.8) is 0 Å². The standard InChI is InChI=1S/C15H12ClFN2O/c1-10-7-8-18-14(9-10)19-15(20)6-5-11-12(16)3-2-4-13(11)17/h2-9H,1H3,(H,18,19,20)/b6-5+. The smallest absolute Gasteiger partial charge is 0.249 e. The molecule has 0 radical (unpaired) electrons. The van der Waals surface area contributed by atoms with Gasteiger partial charge >= 0.3 is 0 Å². The Bertz CT molecular complexity index is 650. The second-order valence-corrected chi connectivity index (χ2v) is 4.58. The molecule has 0 atom stereocenters. The molecule has 0 aliphatic rings. The summed E-state index contributed by atoms with van der Waals surface area (Å²) in [6.45, 7) is 1.90. The number of aryl methyl sites for hydroxylation is 1. The lowest BCUT2D eigenvalue weighted by Gasteiger charge is -2.02. The van der Waals surface area contributed by atoms with Gasteiger partial charge in [0.15, 0.2) is 0 Å². The maximum atomic E-state index is 13.5. The molecule has 1 aromatic carbocycles. The van der Waals surface area contributed by atoms with E-state index in [9.17, 15) is 9.18 Å². The molecule has 102 valence electrons. The topological polar surface area (TPSA) is 42.0 Å². The zero-order chi connectivity index (χ0) is 14.5. The van der Waals surface area contributed by atoms with Crippen LogP contribution in [0.5, 0.6) is 0 Å². The molecule has 0 saturated carbocycles. The molecule has 0 spiro atoms. The van der Waals surface area contributed by atoms with Gasteiger partial charge in [-0.25, -0.2) is 9.37 Å². The Morgan fingerprint density at radius 3 is 2.90 bits per heavy atom. The number of nitrogens with one attached hydrogen (secondary N) is 1. The van der Waals surface area contributed by atoms with Crippen LogP contribution in [0.15, 0.2) is 42.6 Å². The van der Waals surface area contributed by atoms with Crippen molar-refractivity contribution < 1.29 is 9.18 Å². The lowest BCUT2D eigenvalue weighted by Crippen LogP contribution is -2.09. The highest BCUT2D eigenvalue weighted by molar-refractivity contribution is 6.32. The summed E-state index contributed by atoms with van der Waals surface area (Å²) < 4.78 is 13.5. The van der Waals surface area contributed by atoms with E-state index in [0.29, 0.717) is 5.82 Å². The number of anilines is 1. The molecule has 0 aliphatic carbocycles. The Morgan fingerprint density at radius 1 is 1.40 bits per heavy atom. The van der Waals surface area contributed by atoms with Crippen LogP contribution >= 0.6 is 11.6 Å². The van der Waals surface area contributed by atoms with Gasteiger partial charge in [0.25, 0.3) is 0 Å². The van der Waals surface area contributed by atoms with E-state index >= 15 is 0 Å². The third-order valence-corrected chi connectivity index (χ3v) is 2.90. The van der Waals surface area contributed by atoms with Gasteiger partial charge in [0.05, 0.1) is 5.02 Å². The first-order chi connectivity index (χ1) is 9.56. The number of hydrogen-bond donors (Lipinski definition) is 1. The largest absolute Gasteiger partial charge is 0.307 e. The van der Waals surface area contributed by atoms with Gasteiger partial charge < -0.3 is 5.32 Å².